The summed E-state index contributed by atoms with van der Waals surface area (Å²) in [5, 5.41) is 7.68. The van der Waals surface area contributed by atoms with Crippen molar-refractivity contribution < 1.29 is 9.90 Å². The minimum absolute atomic E-state index is 0.373. The van der Waals surface area contributed by atoms with Crippen LogP contribution in [0, 0.1) is 0 Å². The summed E-state index contributed by atoms with van der Waals surface area (Å²) in [5.74, 6) is -0.972. The van der Waals surface area contributed by atoms with E-state index in [9.17, 15) is 4.79 Å². The summed E-state index contributed by atoms with van der Waals surface area (Å²) in [6.45, 7) is 0. The van der Waals surface area contributed by atoms with Gasteiger partial charge < -0.3 is 5.11 Å². The summed E-state index contributed by atoms with van der Waals surface area (Å²) >= 11 is 5.55. The van der Waals surface area contributed by atoms with E-state index >= 15 is 0 Å². The molecule has 0 aromatic heterocycles. The molecule has 0 aliphatic heterocycles. The Kier molecular flexibility index (Phi) is 3.11. The Morgan fingerprint density at radius 1 is 1.42 bits per heavy atom. The fraction of sp³-hybridized carbons (Fsp3) is 0.222. The quantitative estimate of drug-likeness (QED) is 0.729. The number of carbonyl (C=O) groups is 1. The monoisotopic (exact) mass is 184 g/mol. The minimum Gasteiger partial charge on any atom is -0.480 e. The second kappa shape index (κ2) is 4.12. The van der Waals surface area contributed by atoms with Gasteiger partial charge in [-0.15, -0.1) is 11.6 Å². The van der Waals surface area contributed by atoms with Crippen molar-refractivity contribution in [3.63, 3.8) is 0 Å². The smallest absolute Gasteiger partial charge is 0.321 e. The first-order valence-corrected chi connectivity index (χ1v) is 4.04. The molecule has 0 unspecified atom stereocenters. The van der Waals surface area contributed by atoms with E-state index < -0.39 is 11.3 Å². The number of benzene rings is 1. The topological polar surface area (TPSA) is 37.3 Å². The molecule has 0 saturated heterocycles. The zero-order valence-corrected chi connectivity index (χ0v) is 7.16. The van der Waals surface area contributed by atoms with Gasteiger partial charge in [-0.25, -0.2) is 0 Å². The third kappa shape index (κ3) is 2.55. The van der Waals surface area contributed by atoms with E-state index in [1.165, 1.54) is 0 Å². The third-order valence-electron chi connectivity index (χ3n) is 1.53. The number of halogens is 1. The molecule has 0 aliphatic rings. The molecule has 1 rings (SSSR count). The van der Waals surface area contributed by atoms with Gasteiger partial charge in [-0.05, 0) is 12.0 Å². The van der Waals surface area contributed by atoms with Gasteiger partial charge in [0.25, 0.3) is 0 Å². The first-order chi connectivity index (χ1) is 5.70. The van der Waals surface area contributed by atoms with E-state index in [0.717, 1.165) is 5.56 Å². The molecule has 0 aliphatic carbocycles. The summed E-state index contributed by atoms with van der Waals surface area (Å²) in [4.78, 5) is 10.4. The van der Waals surface area contributed by atoms with Gasteiger partial charge in [-0.1, -0.05) is 30.3 Å². The summed E-state index contributed by atoms with van der Waals surface area (Å²) in [5.41, 5.74) is 0.944. The molecule has 3 heteroatoms. The number of hydrogen-bond acceptors (Lipinski definition) is 1. The highest BCUT2D eigenvalue weighted by Crippen LogP contribution is 2.07. The highest BCUT2D eigenvalue weighted by molar-refractivity contribution is 6.29. The lowest BCUT2D eigenvalue weighted by Gasteiger charge is -2.02. The summed E-state index contributed by atoms with van der Waals surface area (Å²) in [6, 6.07) is 9.33. The molecule has 2 nitrogen and oxygen atoms in total. The number of carboxylic acids is 1. The molecule has 1 atom stereocenters. The number of hydrogen-bond donors (Lipinski definition) is 1. The highest BCUT2D eigenvalue weighted by Gasteiger charge is 2.13. The lowest BCUT2D eigenvalue weighted by atomic mass is 10.1. The number of alkyl halides is 1. The van der Waals surface area contributed by atoms with E-state index in [0.29, 0.717) is 6.42 Å². The minimum atomic E-state index is -0.972. The largest absolute Gasteiger partial charge is 0.480 e. The molecule has 0 amide bonds. The average molecular weight is 185 g/mol. The van der Waals surface area contributed by atoms with Crippen LogP contribution in [-0.4, -0.2) is 16.5 Å². The summed E-state index contributed by atoms with van der Waals surface area (Å²) in [6.07, 6.45) is 0.373. The molecule has 0 heterocycles. The van der Waals surface area contributed by atoms with Crippen LogP contribution in [0.4, 0.5) is 0 Å². The summed E-state index contributed by atoms with van der Waals surface area (Å²) in [7, 11) is 0. The normalized spacial score (nSPS) is 12.4. The number of carboxylic acid groups (broad SMARTS) is 1. The van der Waals surface area contributed by atoms with Crippen molar-refractivity contribution in [3.8, 4) is 0 Å². The third-order valence-corrected chi connectivity index (χ3v) is 1.87. The van der Waals surface area contributed by atoms with E-state index in [-0.39, 0.29) is 0 Å². The van der Waals surface area contributed by atoms with Crippen LogP contribution >= 0.6 is 11.6 Å². The zero-order valence-electron chi connectivity index (χ0n) is 6.40. The predicted molar refractivity (Wildman–Crippen MR) is 47.4 cm³/mol. The lowest BCUT2D eigenvalue weighted by Crippen LogP contribution is -2.15. The summed E-state index contributed by atoms with van der Waals surface area (Å²) < 4.78 is 0. The van der Waals surface area contributed by atoms with Crippen molar-refractivity contribution in [1.82, 2.24) is 0 Å². The average Bonchev–Trinajstić information content (AvgIpc) is 2.06. The fourth-order valence-corrected chi connectivity index (χ4v) is 1.09. The Balaban J connectivity index is 2.58. The molecule has 12 heavy (non-hydrogen) atoms. The van der Waals surface area contributed by atoms with Gasteiger partial charge in [0, 0.05) is 0 Å². The maximum atomic E-state index is 10.4. The second-order valence-corrected chi connectivity index (χ2v) is 3.02. The number of aliphatic carboxylic acids is 1. The van der Waals surface area contributed by atoms with E-state index in [2.05, 4.69) is 0 Å². The van der Waals surface area contributed by atoms with Crippen LogP contribution in [-0.2, 0) is 11.2 Å². The molecule has 0 fully saturated rings. The van der Waals surface area contributed by atoms with Crippen molar-refractivity contribution in [2.24, 2.45) is 0 Å². The van der Waals surface area contributed by atoms with Crippen molar-refractivity contribution in [2.75, 3.05) is 0 Å². The van der Waals surface area contributed by atoms with Gasteiger partial charge >= 0.3 is 5.97 Å². The number of rotatable bonds is 3. The molecular formula is C9H9ClO2. The van der Waals surface area contributed by atoms with Crippen LogP contribution in [0.2, 0.25) is 0 Å². The molecule has 1 aromatic rings. The van der Waals surface area contributed by atoms with Crippen molar-refractivity contribution in [1.29, 1.82) is 0 Å². The molecule has 1 aromatic carbocycles. The zero-order chi connectivity index (χ0) is 8.97. The Morgan fingerprint density at radius 3 is 2.50 bits per heavy atom. The van der Waals surface area contributed by atoms with Crippen molar-refractivity contribution in [2.45, 2.75) is 11.8 Å². The van der Waals surface area contributed by atoms with Gasteiger partial charge in [0.1, 0.15) is 5.38 Å². The maximum absolute atomic E-state index is 10.4. The van der Waals surface area contributed by atoms with Crippen molar-refractivity contribution in [3.05, 3.63) is 35.9 Å². The highest BCUT2D eigenvalue weighted by atomic mass is 35.5. The molecule has 0 radical (unpaired) electrons. The second-order valence-electron chi connectivity index (χ2n) is 2.50. The fourth-order valence-electron chi connectivity index (χ4n) is 0.908. The van der Waals surface area contributed by atoms with Crippen LogP contribution < -0.4 is 0 Å². The Hall–Kier alpha value is -1.02. The Labute approximate surface area is 75.8 Å². The molecule has 0 saturated carbocycles. The van der Waals surface area contributed by atoms with Gasteiger partial charge in [-0.3, -0.25) is 4.79 Å². The Morgan fingerprint density at radius 2 is 2.00 bits per heavy atom. The van der Waals surface area contributed by atoms with Gasteiger partial charge in [0.05, 0.1) is 0 Å². The SMILES string of the molecule is O=C(O)[C@H](Cl)Cc1ccccc1. The molecular weight excluding hydrogens is 176 g/mol. The van der Waals surface area contributed by atoms with Crippen LogP contribution in [0.25, 0.3) is 0 Å². The predicted octanol–water partition coefficient (Wildman–Crippen LogP) is 1.92. The lowest BCUT2D eigenvalue weighted by molar-refractivity contribution is -0.136. The standard InChI is InChI=1S/C9H9ClO2/c10-8(9(11)12)6-7-4-2-1-3-5-7/h1-5,8H,6H2,(H,11,12)/t8-/m1/s1. The molecule has 1 N–H and O–H groups in total. The first kappa shape index (κ1) is 9.07. The van der Waals surface area contributed by atoms with E-state index in [1.54, 1.807) is 0 Å². The van der Waals surface area contributed by atoms with Crippen LogP contribution in [0.3, 0.4) is 0 Å². The molecule has 0 spiro atoms. The molecule has 0 bridgehead atoms. The maximum Gasteiger partial charge on any atom is 0.321 e. The van der Waals surface area contributed by atoms with Gasteiger partial charge in [0.15, 0.2) is 0 Å². The first-order valence-electron chi connectivity index (χ1n) is 3.61. The van der Waals surface area contributed by atoms with Crippen LogP contribution in [0.5, 0.6) is 0 Å². The van der Waals surface area contributed by atoms with Crippen molar-refractivity contribution >= 4 is 17.6 Å². The Bertz CT molecular complexity index is 258. The van der Waals surface area contributed by atoms with Gasteiger partial charge in [-0.2, -0.15) is 0 Å². The van der Waals surface area contributed by atoms with E-state index in [1.807, 2.05) is 30.3 Å². The van der Waals surface area contributed by atoms with Crippen LogP contribution in [0.1, 0.15) is 5.56 Å². The van der Waals surface area contributed by atoms with Gasteiger partial charge in [0.2, 0.25) is 0 Å². The molecule has 64 valence electrons. The van der Waals surface area contributed by atoms with E-state index in [4.69, 9.17) is 16.7 Å². The van der Waals surface area contributed by atoms with Crippen LogP contribution in [0.15, 0.2) is 30.3 Å².